The lowest BCUT2D eigenvalue weighted by Crippen LogP contribution is -2.33. The molecule has 0 amide bonds. The summed E-state index contributed by atoms with van der Waals surface area (Å²) < 4.78 is 12.7. The molecular formula is C29H31NO3S. The van der Waals surface area contributed by atoms with E-state index in [1.54, 1.807) is 18.4 Å². The molecule has 1 unspecified atom stereocenters. The van der Waals surface area contributed by atoms with E-state index >= 15 is 0 Å². The second kappa shape index (κ2) is 8.88. The summed E-state index contributed by atoms with van der Waals surface area (Å²) in [5, 5.41) is 13.5. The Morgan fingerprint density at radius 1 is 1.03 bits per heavy atom. The number of fused-ring (bicyclic) bond motifs is 4. The monoisotopic (exact) mass is 473 g/mol. The molecule has 176 valence electrons. The number of aliphatic hydroxyl groups is 1. The third-order valence-corrected chi connectivity index (χ3v) is 8.69. The first-order valence-corrected chi connectivity index (χ1v) is 13.2. The molecule has 1 fully saturated rings. The topological polar surface area (TPSA) is 41.9 Å². The van der Waals surface area contributed by atoms with Crippen LogP contribution in [0.25, 0.3) is 15.7 Å². The molecule has 1 saturated heterocycles. The zero-order valence-corrected chi connectivity index (χ0v) is 20.5. The Balaban J connectivity index is 1.31. The first-order chi connectivity index (χ1) is 16.7. The summed E-state index contributed by atoms with van der Waals surface area (Å²) in [5.41, 5.74) is 3.12. The molecule has 2 aromatic carbocycles. The highest BCUT2D eigenvalue weighted by atomic mass is 32.1. The summed E-state index contributed by atoms with van der Waals surface area (Å²) >= 11 is 1.75. The van der Waals surface area contributed by atoms with Crippen molar-refractivity contribution in [2.24, 2.45) is 0 Å². The van der Waals surface area contributed by atoms with Gasteiger partial charge in [-0.25, -0.2) is 0 Å². The summed E-state index contributed by atoms with van der Waals surface area (Å²) in [4.78, 5) is 3.67. The number of rotatable bonds is 6. The van der Waals surface area contributed by atoms with Gasteiger partial charge in [0, 0.05) is 27.1 Å². The quantitative estimate of drug-likeness (QED) is 0.468. The van der Waals surface area contributed by atoms with Crippen molar-refractivity contribution in [2.75, 3.05) is 33.4 Å². The van der Waals surface area contributed by atoms with Crippen LogP contribution in [0.15, 0.2) is 60.2 Å². The number of ether oxygens (including phenoxy) is 2. The molecule has 1 aromatic heterocycles. The molecule has 3 aliphatic rings. The van der Waals surface area contributed by atoms with Crippen LogP contribution in [0.3, 0.4) is 0 Å². The fourth-order valence-corrected chi connectivity index (χ4v) is 7.08. The molecule has 1 N–H and O–H groups in total. The zero-order chi connectivity index (χ0) is 23.1. The van der Waals surface area contributed by atoms with Gasteiger partial charge in [0.1, 0.15) is 23.7 Å². The van der Waals surface area contributed by atoms with Crippen LogP contribution in [-0.4, -0.2) is 43.4 Å². The van der Waals surface area contributed by atoms with Gasteiger partial charge in [0.05, 0.1) is 7.11 Å². The lowest BCUT2D eigenvalue weighted by atomic mass is 9.80. The Labute approximate surface area is 205 Å². The smallest absolute Gasteiger partial charge is 0.139 e. The van der Waals surface area contributed by atoms with Crippen LogP contribution in [0.5, 0.6) is 11.5 Å². The van der Waals surface area contributed by atoms with Crippen molar-refractivity contribution in [1.82, 2.24) is 4.90 Å². The molecule has 0 spiro atoms. The fraction of sp³-hybridized carbons (Fsp3) is 0.379. The van der Waals surface area contributed by atoms with Crippen molar-refractivity contribution >= 4 is 27.0 Å². The second-order valence-corrected chi connectivity index (χ2v) is 10.5. The molecule has 0 radical (unpaired) electrons. The normalized spacial score (nSPS) is 22.2. The van der Waals surface area contributed by atoms with Crippen LogP contribution in [0, 0.1) is 0 Å². The average molecular weight is 474 g/mol. The highest BCUT2D eigenvalue weighted by Gasteiger charge is 2.47. The van der Waals surface area contributed by atoms with E-state index < -0.39 is 5.60 Å². The molecule has 2 aliphatic carbocycles. The maximum Gasteiger partial charge on any atom is 0.139 e. The van der Waals surface area contributed by atoms with E-state index in [0.29, 0.717) is 6.61 Å². The molecule has 4 nitrogen and oxygen atoms in total. The first-order valence-electron chi connectivity index (χ1n) is 12.4. The molecule has 1 aliphatic heterocycles. The standard InChI is InChI=1S/C29H31NO3S/c1-32-22-13-14-24-26(19-22)34-28-23-7-3-4-8-25(23)29(31,27(24)28)20-9-11-21(12-10-20)33-18-17-30-15-5-2-6-16-30/h3,7,9-14,19,31H,2,4-6,8,15-18H2,1H3. The van der Waals surface area contributed by atoms with Gasteiger partial charge in [0.15, 0.2) is 0 Å². The van der Waals surface area contributed by atoms with Gasteiger partial charge in [-0.15, -0.1) is 11.3 Å². The largest absolute Gasteiger partial charge is 0.497 e. The Morgan fingerprint density at radius 3 is 2.62 bits per heavy atom. The van der Waals surface area contributed by atoms with E-state index in [1.807, 2.05) is 30.3 Å². The maximum absolute atomic E-state index is 12.4. The number of thiophene rings is 1. The molecular weight excluding hydrogens is 442 g/mol. The summed E-state index contributed by atoms with van der Waals surface area (Å²) in [5.74, 6) is 1.70. The Morgan fingerprint density at radius 2 is 1.82 bits per heavy atom. The van der Waals surface area contributed by atoms with Gasteiger partial charge < -0.3 is 14.6 Å². The van der Waals surface area contributed by atoms with Crippen molar-refractivity contribution in [3.05, 3.63) is 76.2 Å². The molecule has 0 bridgehead atoms. The zero-order valence-electron chi connectivity index (χ0n) is 19.7. The average Bonchev–Trinajstić information content (AvgIpc) is 3.39. The molecule has 5 heteroatoms. The van der Waals surface area contributed by atoms with Gasteiger partial charge in [0.25, 0.3) is 0 Å². The molecule has 3 aromatic rings. The predicted octanol–water partition coefficient (Wildman–Crippen LogP) is 6.13. The van der Waals surface area contributed by atoms with E-state index in [2.05, 4.69) is 29.2 Å². The minimum absolute atomic E-state index is 0.699. The third kappa shape index (κ3) is 3.58. The number of hydrogen-bond donors (Lipinski definition) is 1. The van der Waals surface area contributed by atoms with Crippen LogP contribution in [0.4, 0.5) is 0 Å². The van der Waals surface area contributed by atoms with E-state index in [9.17, 15) is 5.11 Å². The third-order valence-electron chi connectivity index (χ3n) is 7.51. The van der Waals surface area contributed by atoms with Crippen LogP contribution in [-0.2, 0) is 5.60 Å². The van der Waals surface area contributed by atoms with Gasteiger partial charge in [-0.1, -0.05) is 30.7 Å². The van der Waals surface area contributed by atoms with Gasteiger partial charge in [-0.2, -0.15) is 0 Å². The van der Waals surface area contributed by atoms with Gasteiger partial charge >= 0.3 is 0 Å². The van der Waals surface area contributed by atoms with Crippen molar-refractivity contribution in [3.8, 4) is 11.5 Å². The Bertz CT molecular complexity index is 1270. The lowest BCUT2D eigenvalue weighted by Gasteiger charge is -2.30. The van der Waals surface area contributed by atoms with E-state index in [4.69, 9.17) is 9.47 Å². The number of hydrogen-bond acceptors (Lipinski definition) is 5. The number of nitrogens with zero attached hydrogens (tertiary/aromatic N) is 1. The molecule has 6 rings (SSSR count). The van der Waals surface area contributed by atoms with Crippen molar-refractivity contribution in [1.29, 1.82) is 0 Å². The predicted molar refractivity (Wildman–Crippen MR) is 139 cm³/mol. The van der Waals surface area contributed by atoms with Crippen molar-refractivity contribution in [2.45, 2.75) is 37.7 Å². The summed E-state index contributed by atoms with van der Waals surface area (Å²) in [6.07, 6.45) is 10.2. The van der Waals surface area contributed by atoms with E-state index in [1.165, 1.54) is 42.8 Å². The van der Waals surface area contributed by atoms with Crippen LogP contribution >= 0.6 is 11.3 Å². The first kappa shape index (κ1) is 21.9. The number of piperidine rings is 1. The number of likely N-dealkylation sites (tertiary alicyclic amines) is 1. The molecule has 2 heterocycles. The molecule has 1 atom stereocenters. The Kier molecular flexibility index (Phi) is 5.72. The number of benzene rings is 2. The maximum atomic E-state index is 12.4. The van der Waals surface area contributed by atoms with E-state index in [0.717, 1.165) is 57.7 Å². The minimum atomic E-state index is -1.12. The lowest BCUT2D eigenvalue weighted by molar-refractivity contribution is 0.123. The van der Waals surface area contributed by atoms with Gasteiger partial charge in [0.2, 0.25) is 0 Å². The van der Waals surface area contributed by atoms with Crippen LogP contribution < -0.4 is 9.47 Å². The summed E-state index contributed by atoms with van der Waals surface area (Å²) in [6, 6.07) is 14.3. The fourth-order valence-electron chi connectivity index (χ4n) is 5.74. The SMILES string of the molecule is COc1ccc2c3c(sc2c1)C1=C(CCC=C1)C3(O)c1ccc(OCCN2CCCCC2)cc1. The van der Waals surface area contributed by atoms with Gasteiger partial charge in [-0.05, 0) is 85.8 Å². The summed E-state index contributed by atoms with van der Waals surface area (Å²) in [6.45, 7) is 4.04. The van der Waals surface area contributed by atoms with Crippen LogP contribution in [0.1, 0.15) is 48.1 Å². The number of allylic oxidation sites excluding steroid dienone is 3. The van der Waals surface area contributed by atoms with Crippen molar-refractivity contribution in [3.63, 3.8) is 0 Å². The van der Waals surface area contributed by atoms with Gasteiger partial charge in [-0.3, -0.25) is 4.90 Å². The summed E-state index contributed by atoms with van der Waals surface area (Å²) in [7, 11) is 1.69. The highest BCUT2D eigenvalue weighted by molar-refractivity contribution is 7.20. The van der Waals surface area contributed by atoms with Crippen molar-refractivity contribution < 1.29 is 14.6 Å². The number of methoxy groups -OCH3 is 1. The Hall–Kier alpha value is -2.60. The highest BCUT2D eigenvalue weighted by Crippen LogP contribution is 2.57. The molecule has 0 saturated carbocycles. The van der Waals surface area contributed by atoms with Crippen LogP contribution in [0.2, 0.25) is 0 Å². The van der Waals surface area contributed by atoms with E-state index in [-0.39, 0.29) is 0 Å². The minimum Gasteiger partial charge on any atom is -0.497 e. The molecule has 34 heavy (non-hydrogen) atoms. The second-order valence-electron chi connectivity index (χ2n) is 9.49.